The van der Waals surface area contributed by atoms with E-state index >= 15 is 0 Å². The van der Waals surface area contributed by atoms with Gasteiger partial charge >= 0.3 is 0 Å². The van der Waals surface area contributed by atoms with Gasteiger partial charge in [-0.1, -0.05) is 25.0 Å². The van der Waals surface area contributed by atoms with Gasteiger partial charge in [-0.15, -0.1) is 0 Å². The van der Waals surface area contributed by atoms with Crippen molar-refractivity contribution < 1.29 is 14.3 Å². The third-order valence-corrected chi connectivity index (χ3v) is 5.50. The molecular formula is C22H34N2O3. The summed E-state index contributed by atoms with van der Waals surface area (Å²) in [5.74, 6) is 2.51. The van der Waals surface area contributed by atoms with E-state index in [1.54, 1.807) is 0 Å². The van der Waals surface area contributed by atoms with Gasteiger partial charge in [0.05, 0.1) is 19.8 Å². The minimum absolute atomic E-state index is 0.135. The minimum Gasteiger partial charge on any atom is -0.490 e. The van der Waals surface area contributed by atoms with Crippen molar-refractivity contribution in [3.05, 3.63) is 23.8 Å². The maximum absolute atomic E-state index is 12.4. The molecule has 0 atom stereocenters. The largest absolute Gasteiger partial charge is 0.490 e. The molecule has 1 aromatic carbocycles. The first-order valence-corrected chi connectivity index (χ1v) is 10.6. The van der Waals surface area contributed by atoms with Gasteiger partial charge in [0.25, 0.3) is 0 Å². The zero-order chi connectivity index (χ0) is 18.9. The van der Waals surface area contributed by atoms with Crippen molar-refractivity contribution in [2.75, 3.05) is 32.8 Å². The summed E-state index contributed by atoms with van der Waals surface area (Å²) in [5, 5.41) is 3.09. The van der Waals surface area contributed by atoms with Gasteiger partial charge in [0.15, 0.2) is 11.5 Å². The number of carbonyl (C=O) groups excluding carboxylic acids is 1. The smallest absolute Gasteiger partial charge is 0.234 e. The monoisotopic (exact) mass is 374 g/mol. The Morgan fingerprint density at radius 2 is 2.00 bits per heavy atom. The molecule has 2 aliphatic rings. The lowest BCUT2D eigenvalue weighted by Crippen LogP contribution is -2.39. The van der Waals surface area contributed by atoms with Gasteiger partial charge in [-0.05, 0) is 51.0 Å². The molecule has 150 valence electrons. The molecule has 0 bridgehead atoms. The van der Waals surface area contributed by atoms with Crippen molar-refractivity contribution in [3.63, 3.8) is 0 Å². The predicted molar refractivity (Wildman–Crippen MR) is 107 cm³/mol. The molecule has 1 heterocycles. The molecule has 1 N–H and O–H groups in total. The molecule has 0 unspecified atom stereocenters. The van der Waals surface area contributed by atoms with E-state index in [9.17, 15) is 4.79 Å². The number of nitrogens with one attached hydrogen (secondary N) is 1. The quantitative estimate of drug-likeness (QED) is 0.872. The fourth-order valence-electron chi connectivity index (χ4n) is 4.17. The van der Waals surface area contributed by atoms with Crippen LogP contribution in [-0.2, 0) is 11.3 Å². The second-order valence-corrected chi connectivity index (χ2v) is 7.76. The fraction of sp³-hybridized carbons (Fsp3) is 0.682. The Kier molecular flexibility index (Phi) is 7.81. The van der Waals surface area contributed by atoms with Crippen LogP contribution in [0, 0.1) is 5.92 Å². The number of rotatable bonds is 4. The Morgan fingerprint density at radius 1 is 1.15 bits per heavy atom. The molecule has 1 saturated carbocycles. The Balaban J connectivity index is 1.81. The van der Waals surface area contributed by atoms with Crippen LogP contribution in [0.1, 0.15) is 57.4 Å². The van der Waals surface area contributed by atoms with Gasteiger partial charge < -0.3 is 14.8 Å². The Bertz CT molecular complexity index is 599. The Labute approximate surface area is 163 Å². The van der Waals surface area contributed by atoms with Crippen molar-refractivity contribution in [2.24, 2.45) is 5.92 Å². The summed E-state index contributed by atoms with van der Waals surface area (Å²) < 4.78 is 12.0. The van der Waals surface area contributed by atoms with Crippen LogP contribution in [0.2, 0.25) is 0 Å². The second-order valence-electron chi connectivity index (χ2n) is 7.76. The third kappa shape index (κ3) is 6.13. The highest BCUT2D eigenvalue weighted by Gasteiger charge is 2.22. The maximum Gasteiger partial charge on any atom is 0.234 e. The first-order chi connectivity index (χ1) is 13.3. The van der Waals surface area contributed by atoms with E-state index in [0.717, 1.165) is 56.0 Å². The van der Waals surface area contributed by atoms with Gasteiger partial charge in [-0.2, -0.15) is 0 Å². The van der Waals surface area contributed by atoms with Gasteiger partial charge in [0, 0.05) is 25.2 Å². The summed E-state index contributed by atoms with van der Waals surface area (Å²) in [6.45, 7) is 6.21. The standard InChI is InChI=1S/C22H34N2O3/c1-2-26-20-12-8-11-19-16-24(15-18-9-4-5-10-18)17-21(25)23-13-6-3-7-14-27-22(19)20/h8,11-12,18H,2-7,9-10,13-17H2,1H3,(H,23,25). The molecule has 0 spiro atoms. The highest BCUT2D eigenvalue weighted by atomic mass is 16.5. The van der Waals surface area contributed by atoms with Gasteiger partial charge in [0.1, 0.15) is 0 Å². The zero-order valence-corrected chi connectivity index (χ0v) is 16.7. The van der Waals surface area contributed by atoms with Crippen molar-refractivity contribution in [1.82, 2.24) is 10.2 Å². The molecule has 0 aromatic heterocycles. The number of hydrogen-bond donors (Lipinski definition) is 1. The lowest BCUT2D eigenvalue weighted by Gasteiger charge is -2.26. The first-order valence-electron chi connectivity index (χ1n) is 10.6. The van der Waals surface area contributed by atoms with Crippen LogP contribution in [-0.4, -0.2) is 43.7 Å². The molecular weight excluding hydrogens is 340 g/mol. The highest BCUT2D eigenvalue weighted by Crippen LogP contribution is 2.33. The first kappa shape index (κ1) is 20.0. The molecule has 3 rings (SSSR count). The fourth-order valence-corrected chi connectivity index (χ4v) is 4.17. The van der Waals surface area contributed by atoms with E-state index in [-0.39, 0.29) is 5.91 Å². The number of fused-ring (bicyclic) bond motifs is 1. The average molecular weight is 375 g/mol. The topological polar surface area (TPSA) is 50.8 Å². The van der Waals surface area contributed by atoms with Crippen LogP contribution in [0.5, 0.6) is 11.5 Å². The van der Waals surface area contributed by atoms with E-state index in [0.29, 0.717) is 25.7 Å². The zero-order valence-electron chi connectivity index (χ0n) is 16.7. The average Bonchev–Trinajstić information content (AvgIpc) is 3.15. The molecule has 1 aromatic rings. The third-order valence-electron chi connectivity index (χ3n) is 5.50. The molecule has 0 saturated heterocycles. The number of nitrogens with zero attached hydrogens (tertiary/aromatic N) is 1. The van der Waals surface area contributed by atoms with E-state index in [1.807, 2.05) is 19.1 Å². The van der Waals surface area contributed by atoms with Crippen molar-refractivity contribution in [3.8, 4) is 11.5 Å². The number of hydrogen-bond acceptors (Lipinski definition) is 4. The lowest BCUT2D eigenvalue weighted by atomic mass is 10.1. The number of para-hydroxylation sites is 1. The van der Waals surface area contributed by atoms with Gasteiger partial charge in [-0.3, -0.25) is 9.69 Å². The minimum atomic E-state index is 0.135. The Morgan fingerprint density at radius 3 is 2.81 bits per heavy atom. The summed E-state index contributed by atoms with van der Waals surface area (Å²) >= 11 is 0. The molecule has 5 nitrogen and oxygen atoms in total. The molecule has 1 amide bonds. The van der Waals surface area contributed by atoms with Crippen LogP contribution >= 0.6 is 0 Å². The van der Waals surface area contributed by atoms with Crippen molar-refractivity contribution in [1.29, 1.82) is 0 Å². The molecule has 1 fully saturated rings. The number of amides is 1. The molecule has 5 heteroatoms. The van der Waals surface area contributed by atoms with E-state index < -0.39 is 0 Å². The van der Waals surface area contributed by atoms with Crippen molar-refractivity contribution in [2.45, 2.75) is 58.4 Å². The summed E-state index contributed by atoms with van der Waals surface area (Å²) in [5.41, 5.74) is 1.12. The molecule has 27 heavy (non-hydrogen) atoms. The number of carbonyl (C=O) groups is 1. The maximum atomic E-state index is 12.4. The second kappa shape index (κ2) is 10.5. The van der Waals surface area contributed by atoms with Crippen LogP contribution in [0.3, 0.4) is 0 Å². The van der Waals surface area contributed by atoms with Gasteiger partial charge in [-0.25, -0.2) is 0 Å². The van der Waals surface area contributed by atoms with Crippen LogP contribution in [0.25, 0.3) is 0 Å². The van der Waals surface area contributed by atoms with E-state index in [1.165, 1.54) is 25.7 Å². The van der Waals surface area contributed by atoms with Gasteiger partial charge in [0.2, 0.25) is 5.91 Å². The van der Waals surface area contributed by atoms with E-state index in [2.05, 4.69) is 16.3 Å². The normalized spacial score (nSPS) is 20.6. The number of benzene rings is 1. The molecule has 0 radical (unpaired) electrons. The van der Waals surface area contributed by atoms with Crippen LogP contribution in [0.4, 0.5) is 0 Å². The van der Waals surface area contributed by atoms with Crippen molar-refractivity contribution >= 4 is 5.91 Å². The molecule has 1 aliphatic heterocycles. The highest BCUT2D eigenvalue weighted by molar-refractivity contribution is 5.78. The summed E-state index contributed by atoms with van der Waals surface area (Å²) in [7, 11) is 0. The Hall–Kier alpha value is -1.75. The predicted octanol–water partition coefficient (Wildman–Crippen LogP) is 3.76. The number of ether oxygens (including phenoxy) is 2. The van der Waals surface area contributed by atoms with Crippen LogP contribution in [0.15, 0.2) is 18.2 Å². The summed E-state index contributed by atoms with van der Waals surface area (Å²) in [4.78, 5) is 14.7. The van der Waals surface area contributed by atoms with Crippen LogP contribution < -0.4 is 14.8 Å². The SMILES string of the molecule is CCOc1cccc2c1OCCCCCNC(=O)CN(CC1CCCC1)C2. The summed E-state index contributed by atoms with van der Waals surface area (Å²) in [6, 6.07) is 6.12. The molecule has 1 aliphatic carbocycles. The lowest BCUT2D eigenvalue weighted by molar-refractivity contribution is -0.122. The van der Waals surface area contributed by atoms with E-state index in [4.69, 9.17) is 9.47 Å². The summed E-state index contributed by atoms with van der Waals surface area (Å²) in [6.07, 6.45) is 8.23.